The van der Waals surface area contributed by atoms with Crippen LogP contribution < -0.4 is 16.6 Å². The molecule has 0 spiro atoms. The molecule has 4 N–H and O–H groups in total. The van der Waals surface area contributed by atoms with Crippen molar-refractivity contribution in [2.75, 3.05) is 5.43 Å². The average Bonchev–Trinajstić information content (AvgIpc) is 2.45. The molecule has 0 atom stereocenters. The summed E-state index contributed by atoms with van der Waals surface area (Å²) in [5, 5.41) is 2.76. The van der Waals surface area contributed by atoms with Gasteiger partial charge in [-0.1, -0.05) is 0 Å². The summed E-state index contributed by atoms with van der Waals surface area (Å²) in [6, 6.07) is 3.34. The lowest BCUT2D eigenvalue weighted by atomic mass is 10.2. The number of carbonyl (C=O) groups excluding carboxylic acids is 1. The molecule has 2 heterocycles. The number of anilines is 1. The third kappa shape index (κ3) is 3.23. The molecule has 0 saturated carbocycles. The van der Waals surface area contributed by atoms with E-state index in [9.17, 15) is 4.79 Å². The first-order valence-electron chi connectivity index (χ1n) is 5.68. The van der Waals surface area contributed by atoms with Gasteiger partial charge in [0, 0.05) is 12.4 Å². The van der Waals surface area contributed by atoms with Crippen LogP contribution in [0.4, 0.5) is 5.69 Å². The van der Waals surface area contributed by atoms with Crippen LogP contribution in [-0.2, 0) is 6.54 Å². The third-order valence-electron chi connectivity index (χ3n) is 2.48. The van der Waals surface area contributed by atoms with Gasteiger partial charge in [0.25, 0.3) is 5.91 Å². The molecule has 0 aliphatic carbocycles. The average molecular weight is 258 g/mol. The van der Waals surface area contributed by atoms with E-state index in [-0.39, 0.29) is 5.91 Å². The molecule has 0 fully saturated rings. The van der Waals surface area contributed by atoms with E-state index < -0.39 is 0 Å². The van der Waals surface area contributed by atoms with Gasteiger partial charge in [-0.3, -0.25) is 15.6 Å². The molecule has 0 saturated heterocycles. The first-order chi connectivity index (χ1) is 9.20. The van der Waals surface area contributed by atoms with Crippen molar-refractivity contribution in [3.63, 3.8) is 0 Å². The molecule has 7 heteroatoms. The van der Waals surface area contributed by atoms with Gasteiger partial charge in [0.2, 0.25) is 0 Å². The van der Waals surface area contributed by atoms with E-state index in [1.165, 1.54) is 12.4 Å². The predicted molar refractivity (Wildman–Crippen MR) is 70.0 cm³/mol. The van der Waals surface area contributed by atoms with Crippen molar-refractivity contribution in [1.82, 2.24) is 20.3 Å². The maximum atomic E-state index is 12.0. The van der Waals surface area contributed by atoms with Crippen LogP contribution in [0.2, 0.25) is 0 Å². The van der Waals surface area contributed by atoms with Crippen LogP contribution in [-0.4, -0.2) is 20.9 Å². The summed E-state index contributed by atoms with van der Waals surface area (Å²) in [4.78, 5) is 24.1. The predicted octanol–water partition coefficient (Wildman–Crippen LogP) is 0.396. The summed E-state index contributed by atoms with van der Waals surface area (Å²) in [7, 11) is 0. The van der Waals surface area contributed by atoms with Gasteiger partial charge in [0.1, 0.15) is 5.82 Å². The molecule has 1 amide bonds. The Hall–Kier alpha value is -2.54. The van der Waals surface area contributed by atoms with E-state index in [2.05, 4.69) is 25.7 Å². The normalized spacial score (nSPS) is 10.0. The van der Waals surface area contributed by atoms with Gasteiger partial charge in [-0.05, 0) is 19.1 Å². The zero-order valence-corrected chi connectivity index (χ0v) is 10.4. The Bertz CT molecular complexity index is 586. The minimum Gasteiger partial charge on any atom is -0.346 e. The Morgan fingerprint density at radius 3 is 2.95 bits per heavy atom. The summed E-state index contributed by atoms with van der Waals surface area (Å²) in [5.74, 6) is 5.75. The van der Waals surface area contributed by atoms with Crippen molar-refractivity contribution >= 4 is 11.6 Å². The molecule has 2 aromatic rings. The number of hydrazine groups is 1. The number of nitrogen functional groups attached to an aromatic ring is 1. The van der Waals surface area contributed by atoms with Gasteiger partial charge < -0.3 is 10.7 Å². The minimum atomic E-state index is -0.244. The van der Waals surface area contributed by atoms with Gasteiger partial charge >= 0.3 is 0 Å². The van der Waals surface area contributed by atoms with Crippen molar-refractivity contribution in [1.29, 1.82) is 0 Å². The van der Waals surface area contributed by atoms with Crippen LogP contribution in [0.3, 0.4) is 0 Å². The first kappa shape index (κ1) is 12.9. The van der Waals surface area contributed by atoms with Gasteiger partial charge in [0.15, 0.2) is 0 Å². The minimum absolute atomic E-state index is 0.244. The summed E-state index contributed by atoms with van der Waals surface area (Å²) >= 11 is 0. The van der Waals surface area contributed by atoms with E-state index in [1.807, 2.05) is 0 Å². The van der Waals surface area contributed by atoms with Crippen LogP contribution in [0.5, 0.6) is 0 Å². The smallest absolute Gasteiger partial charge is 0.253 e. The van der Waals surface area contributed by atoms with E-state index in [0.717, 1.165) is 5.69 Å². The van der Waals surface area contributed by atoms with Crippen LogP contribution >= 0.6 is 0 Å². The van der Waals surface area contributed by atoms with Gasteiger partial charge in [-0.2, -0.15) is 0 Å². The maximum Gasteiger partial charge on any atom is 0.253 e. The standard InChI is InChI=1S/C12H14N6O/c1-8-15-5-2-9(17-8)6-16-12(19)10-3-4-14-7-11(10)18-13/h2-5,7,18H,6,13H2,1H3,(H,16,19). The fourth-order valence-electron chi connectivity index (χ4n) is 1.58. The number of nitrogens with one attached hydrogen (secondary N) is 2. The topological polar surface area (TPSA) is 106 Å². The zero-order valence-electron chi connectivity index (χ0n) is 10.4. The molecule has 0 radical (unpaired) electrons. The molecule has 0 bridgehead atoms. The molecule has 98 valence electrons. The molecule has 0 unspecified atom stereocenters. The number of hydrogen-bond donors (Lipinski definition) is 3. The molecule has 2 rings (SSSR count). The number of nitrogens with zero attached hydrogens (tertiary/aromatic N) is 3. The van der Waals surface area contributed by atoms with Gasteiger partial charge in [-0.15, -0.1) is 0 Å². The highest BCUT2D eigenvalue weighted by Crippen LogP contribution is 2.11. The van der Waals surface area contributed by atoms with Crippen LogP contribution in [0.25, 0.3) is 0 Å². The van der Waals surface area contributed by atoms with Gasteiger partial charge in [-0.25, -0.2) is 9.97 Å². The third-order valence-corrected chi connectivity index (χ3v) is 2.48. The second kappa shape index (κ2) is 5.87. The second-order valence-electron chi connectivity index (χ2n) is 3.84. The van der Waals surface area contributed by atoms with Crippen molar-refractivity contribution in [2.24, 2.45) is 5.84 Å². The van der Waals surface area contributed by atoms with Gasteiger partial charge in [0.05, 0.1) is 29.7 Å². The number of aryl methyl sites for hydroxylation is 1. The van der Waals surface area contributed by atoms with E-state index in [1.54, 1.807) is 25.3 Å². The Morgan fingerprint density at radius 2 is 2.21 bits per heavy atom. The Kier molecular flexibility index (Phi) is 3.99. The summed E-state index contributed by atoms with van der Waals surface area (Å²) in [5.41, 5.74) is 4.09. The molecule has 2 aromatic heterocycles. The summed E-state index contributed by atoms with van der Waals surface area (Å²) in [6.07, 6.45) is 4.68. The SMILES string of the molecule is Cc1nccc(CNC(=O)c2ccncc2NN)n1. The molecule has 0 aliphatic rings. The quantitative estimate of drug-likeness (QED) is 0.541. The largest absolute Gasteiger partial charge is 0.346 e. The molecule has 0 aliphatic heterocycles. The van der Waals surface area contributed by atoms with E-state index in [4.69, 9.17) is 5.84 Å². The Morgan fingerprint density at radius 1 is 1.37 bits per heavy atom. The lowest BCUT2D eigenvalue weighted by Gasteiger charge is -2.08. The number of amides is 1. The maximum absolute atomic E-state index is 12.0. The van der Waals surface area contributed by atoms with E-state index >= 15 is 0 Å². The fraction of sp³-hybridized carbons (Fsp3) is 0.167. The molecule has 0 aromatic carbocycles. The zero-order chi connectivity index (χ0) is 13.7. The second-order valence-corrected chi connectivity index (χ2v) is 3.84. The van der Waals surface area contributed by atoms with Crippen molar-refractivity contribution in [3.05, 3.63) is 47.8 Å². The number of aromatic nitrogens is 3. The number of hydrogen-bond acceptors (Lipinski definition) is 6. The highest BCUT2D eigenvalue weighted by Gasteiger charge is 2.10. The van der Waals surface area contributed by atoms with Crippen LogP contribution in [0.1, 0.15) is 21.9 Å². The van der Waals surface area contributed by atoms with Crippen LogP contribution in [0.15, 0.2) is 30.7 Å². The van der Waals surface area contributed by atoms with Crippen molar-refractivity contribution in [2.45, 2.75) is 13.5 Å². The Balaban J connectivity index is 2.05. The fourth-order valence-corrected chi connectivity index (χ4v) is 1.58. The first-order valence-corrected chi connectivity index (χ1v) is 5.68. The molecule has 7 nitrogen and oxygen atoms in total. The lowest BCUT2D eigenvalue weighted by molar-refractivity contribution is 0.0951. The number of pyridine rings is 1. The number of carbonyl (C=O) groups is 1. The highest BCUT2D eigenvalue weighted by molar-refractivity contribution is 5.99. The van der Waals surface area contributed by atoms with Crippen molar-refractivity contribution < 1.29 is 4.79 Å². The summed E-state index contributed by atoms with van der Waals surface area (Å²) in [6.45, 7) is 2.12. The number of rotatable bonds is 4. The van der Waals surface area contributed by atoms with Crippen molar-refractivity contribution in [3.8, 4) is 0 Å². The Labute approximate surface area is 110 Å². The number of nitrogens with two attached hydrogens (primary N) is 1. The lowest BCUT2D eigenvalue weighted by Crippen LogP contribution is -2.25. The monoisotopic (exact) mass is 258 g/mol. The highest BCUT2D eigenvalue weighted by atomic mass is 16.1. The molecular formula is C12H14N6O. The molecular weight excluding hydrogens is 244 g/mol. The van der Waals surface area contributed by atoms with Crippen LogP contribution in [0, 0.1) is 6.92 Å². The van der Waals surface area contributed by atoms with E-state index in [0.29, 0.717) is 23.6 Å². The summed E-state index contributed by atoms with van der Waals surface area (Å²) < 4.78 is 0. The molecule has 19 heavy (non-hydrogen) atoms.